The molecule has 0 saturated heterocycles. The molecule has 0 aromatic heterocycles. The second-order valence-electron chi connectivity index (χ2n) is 7.77. The fraction of sp³-hybridized carbons (Fsp3) is 0.913. The average molecular weight is 387 g/mol. The van der Waals surface area contributed by atoms with Crippen LogP contribution >= 0.6 is 0 Å². The van der Waals surface area contributed by atoms with E-state index < -0.39 is 12.2 Å². The summed E-state index contributed by atoms with van der Waals surface area (Å²) < 4.78 is 5.13. The summed E-state index contributed by atoms with van der Waals surface area (Å²) in [7, 11) is 0. The minimum Gasteiger partial charge on any atom is -0.394 e. The SMILES string of the molecule is CCCCCCCCCCCCCCC/C=C\C[C@@H](O)COC[C@@H](O)CO. The highest BCUT2D eigenvalue weighted by atomic mass is 16.5. The summed E-state index contributed by atoms with van der Waals surface area (Å²) in [4.78, 5) is 0. The Morgan fingerprint density at radius 2 is 1.15 bits per heavy atom. The maximum atomic E-state index is 9.73. The molecule has 0 aromatic carbocycles. The number of hydrogen-bond acceptors (Lipinski definition) is 4. The number of rotatable bonds is 21. The van der Waals surface area contributed by atoms with Gasteiger partial charge in [0.1, 0.15) is 6.10 Å². The average Bonchev–Trinajstić information content (AvgIpc) is 2.67. The van der Waals surface area contributed by atoms with Gasteiger partial charge in [0.25, 0.3) is 0 Å². The molecule has 0 spiro atoms. The second-order valence-corrected chi connectivity index (χ2v) is 7.77. The van der Waals surface area contributed by atoms with Crippen molar-refractivity contribution in [2.45, 2.75) is 115 Å². The van der Waals surface area contributed by atoms with Gasteiger partial charge in [-0.1, -0.05) is 96.1 Å². The molecule has 2 atom stereocenters. The van der Waals surface area contributed by atoms with Gasteiger partial charge in [-0.3, -0.25) is 0 Å². The molecule has 0 rings (SSSR count). The monoisotopic (exact) mass is 386 g/mol. The van der Waals surface area contributed by atoms with E-state index in [-0.39, 0.29) is 19.8 Å². The van der Waals surface area contributed by atoms with Crippen molar-refractivity contribution in [2.75, 3.05) is 19.8 Å². The van der Waals surface area contributed by atoms with E-state index >= 15 is 0 Å². The van der Waals surface area contributed by atoms with E-state index in [4.69, 9.17) is 14.9 Å². The summed E-state index contributed by atoms with van der Waals surface area (Å²) in [6, 6.07) is 0. The molecule has 0 bridgehead atoms. The van der Waals surface area contributed by atoms with E-state index in [1.54, 1.807) is 0 Å². The Morgan fingerprint density at radius 3 is 1.67 bits per heavy atom. The molecule has 3 N–H and O–H groups in total. The third-order valence-corrected chi connectivity index (χ3v) is 4.88. The van der Waals surface area contributed by atoms with Gasteiger partial charge in [-0.2, -0.15) is 0 Å². The summed E-state index contributed by atoms with van der Waals surface area (Å²) in [5.41, 5.74) is 0. The lowest BCUT2D eigenvalue weighted by molar-refractivity contribution is -0.0233. The van der Waals surface area contributed by atoms with Crippen LogP contribution in [0.3, 0.4) is 0 Å². The van der Waals surface area contributed by atoms with Crippen molar-refractivity contribution < 1.29 is 20.1 Å². The van der Waals surface area contributed by atoms with Crippen LogP contribution in [-0.4, -0.2) is 47.3 Å². The first-order valence-corrected chi connectivity index (χ1v) is 11.4. The van der Waals surface area contributed by atoms with Crippen LogP contribution in [0.5, 0.6) is 0 Å². The summed E-state index contributed by atoms with van der Waals surface area (Å²) in [5, 5.41) is 27.5. The van der Waals surface area contributed by atoms with E-state index in [9.17, 15) is 5.11 Å². The van der Waals surface area contributed by atoms with Gasteiger partial charge in [0, 0.05) is 0 Å². The molecular weight excluding hydrogens is 340 g/mol. The van der Waals surface area contributed by atoms with Crippen LogP contribution in [0.1, 0.15) is 103 Å². The summed E-state index contributed by atoms with van der Waals surface area (Å²) in [6.07, 6.45) is 22.3. The zero-order chi connectivity index (χ0) is 20.0. The minimum atomic E-state index is -0.858. The molecule has 0 amide bonds. The number of aliphatic hydroxyl groups excluding tert-OH is 3. The Morgan fingerprint density at radius 1 is 0.667 bits per heavy atom. The van der Waals surface area contributed by atoms with Crippen LogP contribution < -0.4 is 0 Å². The van der Waals surface area contributed by atoms with Gasteiger partial charge in [0.15, 0.2) is 0 Å². The Kier molecular flexibility index (Phi) is 21.5. The number of hydrogen-bond donors (Lipinski definition) is 3. The largest absolute Gasteiger partial charge is 0.394 e. The quantitative estimate of drug-likeness (QED) is 0.189. The highest BCUT2D eigenvalue weighted by Gasteiger charge is 2.05. The van der Waals surface area contributed by atoms with E-state index in [1.165, 1.54) is 83.5 Å². The van der Waals surface area contributed by atoms with Crippen molar-refractivity contribution in [3.63, 3.8) is 0 Å². The molecular formula is C23H46O4. The van der Waals surface area contributed by atoms with Gasteiger partial charge in [-0.25, -0.2) is 0 Å². The first-order valence-electron chi connectivity index (χ1n) is 11.4. The summed E-state index contributed by atoms with van der Waals surface area (Å²) in [5.74, 6) is 0. The maximum Gasteiger partial charge on any atom is 0.100 e. The van der Waals surface area contributed by atoms with Crippen LogP contribution in [0.4, 0.5) is 0 Å². The molecule has 4 nitrogen and oxygen atoms in total. The predicted octanol–water partition coefficient (Wildman–Crippen LogP) is 5.14. The van der Waals surface area contributed by atoms with Crippen LogP contribution in [0.25, 0.3) is 0 Å². The molecule has 27 heavy (non-hydrogen) atoms. The van der Waals surface area contributed by atoms with Crippen LogP contribution in [0, 0.1) is 0 Å². The van der Waals surface area contributed by atoms with Crippen molar-refractivity contribution in [3.8, 4) is 0 Å². The Bertz CT molecular complexity index is 307. The Balaban J connectivity index is 3.22. The normalized spacial score (nSPS) is 14.1. The molecule has 0 saturated carbocycles. The van der Waals surface area contributed by atoms with Gasteiger partial charge in [0.05, 0.1) is 25.9 Å². The number of unbranched alkanes of at least 4 members (excludes halogenated alkanes) is 13. The van der Waals surface area contributed by atoms with Crippen molar-refractivity contribution in [1.82, 2.24) is 0 Å². The minimum absolute atomic E-state index is 0.0657. The van der Waals surface area contributed by atoms with Crippen LogP contribution in [-0.2, 0) is 4.74 Å². The molecule has 0 aliphatic carbocycles. The predicted molar refractivity (Wildman–Crippen MR) is 114 cm³/mol. The molecule has 0 aliphatic heterocycles. The Labute approximate surface area is 168 Å². The highest BCUT2D eigenvalue weighted by Crippen LogP contribution is 2.13. The first-order chi connectivity index (χ1) is 13.2. The smallest absolute Gasteiger partial charge is 0.100 e. The van der Waals surface area contributed by atoms with E-state index in [0.29, 0.717) is 6.42 Å². The molecule has 0 heterocycles. The van der Waals surface area contributed by atoms with Gasteiger partial charge in [-0.05, 0) is 19.3 Å². The standard InChI is InChI=1S/C23H46O4/c1-2-3-4-5-6-7-8-9-10-11-12-13-14-15-16-17-18-22(25)20-27-21-23(26)19-24/h16-17,22-26H,2-15,18-21H2,1H3/b17-16-/t22-,23+/m1/s1. The first kappa shape index (κ1) is 26.6. The second kappa shape index (κ2) is 21.9. The third kappa shape index (κ3) is 21.7. The number of aliphatic hydroxyl groups is 3. The summed E-state index contributed by atoms with van der Waals surface area (Å²) in [6.45, 7) is 2.22. The fourth-order valence-electron chi connectivity index (χ4n) is 3.11. The van der Waals surface area contributed by atoms with E-state index in [2.05, 4.69) is 13.0 Å². The molecule has 0 unspecified atom stereocenters. The van der Waals surface area contributed by atoms with Gasteiger partial charge >= 0.3 is 0 Å². The molecule has 0 fully saturated rings. The summed E-state index contributed by atoms with van der Waals surface area (Å²) >= 11 is 0. The fourth-order valence-corrected chi connectivity index (χ4v) is 3.11. The molecule has 162 valence electrons. The van der Waals surface area contributed by atoms with Crippen molar-refractivity contribution in [3.05, 3.63) is 12.2 Å². The molecule has 0 aliphatic rings. The Hall–Kier alpha value is -0.420. The molecule has 0 radical (unpaired) electrons. The van der Waals surface area contributed by atoms with Gasteiger partial charge in [0.2, 0.25) is 0 Å². The lowest BCUT2D eigenvalue weighted by Crippen LogP contribution is -2.23. The van der Waals surface area contributed by atoms with Crippen molar-refractivity contribution in [2.24, 2.45) is 0 Å². The lowest BCUT2D eigenvalue weighted by Gasteiger charge is -2.11. The lowest BCUT2D eigenvalue weighted by atomic mass is 10.0. The topological polar surface area (TPSA) is 69.9 Å². The third-order valence-electron chi connectivity index (χ3n) is 4.88. The highest BCUT2D eigenvalue weighted by molar-refractivity contribution is 4.84. The van der Waals surface area contributed by atoms with Gasteiger partial charge in [-0.15, -0.1) is 0 Å². The maximum absolute atomic E-state index is 9.73. The van der Waals surface area contributed by atoms with Crippen molar-refractivity contribution >= 4 is 0 Å². The molecule has 4 heteroatoms. The van der Waals surface area contributed by atoms with Crippen LogP contribution in [0.15, 0.2) is 12.2 Å². The van der Waals surface area contributed by atoms with Crippen molar-refractivity contribution in [1.29, 1.82) is 0 Å². The van der Waals surface area contributed by atoms with Crippen LogP contribution in [0.2, 0.25) is 0 Å². The zero-order valence-electron chi connectivity index (χ0n) is 17.8. The van der Waals surface area contributed by atoms with E-state index in [1.807, 2.05) is 6.08 Å². The van der Waals surface area contributed by atoms with Gasteiger partial charge < -0.3 is 20.1 Å². The number of ether oxygens (including phenoxy) is 1. The zero-order valence-corrected chi connectivity index (χ0v) is 17.8. The number of allylic oxidation sites excluding steroid dienone is 1. The molecule has 0 aromatic rings. The van der Waals surface area contributed by atoms with E-state index in [0.717, 1.165) is 6.42 Å².